The Morgan fingerprint density at radius 2 is 2.23 bits per heavy atom. The monoisotopic (exact) mass is 393 g/mol. The lowest BCUT2D eigenvalue weighted by Gasteiger charge is -2.25. The summed E-state index contributed by atoms with van der Waals surface area (Å²) in [5.74, 6) is -2.05. The van der Waals surface area contributed by atoms with Gasteiger partial charge in [0.25, 0.3) is 0 Å². The molecule has 0 saturated carbocycles. The van der Waals surface area contributed by atoms with E-state index in [-0.39, 0.29) is 30.5 Å². The smallest absolute Gasteiger partial charge is 0.355 e. The van der Waals surface area contributed by atoms with E-state index in [2.05, 4.69) is 10.3 Å². The van der Waals surface area contributed by atoms with Gasteiger partial charge < -0.3 is 15.3 Å². The maximum atomic E-state index is 12.7. The zero-order valence-electron chi connectivity index (χ0n) is 13.8. The lowest BCUT2D eigenvalue weighted by atomic mass is 9.93. The summed E-state index contributed by atoms with van der Waals surface area (Å²) < 4.78 is 0. The molecular weight excluding hydrogens is 378 g/mol. The number of carboxylic acids is 1. The Kier molecular flexibility index (Phi) is 5.24. The van der Waals surface area contributed by atoms with Crippen molar-refractivity contribution in [3.05, 3.63) is 50.9 Å². The molecular formula is C17H16ClN3O4S. The second kappa shape index (κ2) is 7.43. The molecule has 2 amide bonds. The van der Waals surface area contributed by atoms with Crippen molar-refractivity contribution in [1.82, 2.24) is 15.2 Å². The van der Waals surface area contributed by atoms with Gasteiger partial charge in [-0.1, -0.05) is 23.7 Å². The second-order valence-corrected chi connectivity index (χ2v) is 7.34. The highest BCUT2D eigenvalue weighted by Crippen LogP contribution is 2.37. The van der Waals surface area contributed by atoms with Crippen molar-refractivity contribution in [2.45, 2.75) is 19.0 Å². The normalized spacial score (nSPS) is 19.6. The molecule has 1 aromatic heterocycles. The first-order chi connectivity index (χ1) is 12.4. The number of carbonyl (C=O) groups excluding carboxylic acids is 2. The highest BCUT2D eigenvalue weighted by molar-refractivity contribution is 7.09. The van der Waals surface area contributed by atoms with Crippen LogP contribution in [0.2, 0.25) is 5.02 Å². The van der Waals surface area contributed by atoms with Gasteiger partial charge in [0.05, 0.1) is 18.5 Å². The quantitative estimate of drug-likeness (QED) is 0.812. The number of hydrogen-bond acceptors (Lipinski definition) is 5. The van der Waals surface area contributed by atoms with E-state index < -0.39 is 17.9 Å². The van der Waals surface area contributed by atoms with Crippen LogP contribution in [0.25, 0.3) is 0 Å². The zero-order valence-corrected chi connectivity index (χ0v) is 15.4. The van der Waals surface area contributed by atoms with Crippen molar-refractivity contribution >= 4 is 40.7 Å². The van der Waals surface area contributed by atoms with Crippen LogP contribution in [0.5, 0.6) is 0 Å². The van der Waals surface area contributed by atoms with Crippen LogP contribution < -0.4 is 5.32 Å². The number of halogens is 1. The Balaban J connectivity index is 1.73. The van der Waals surface area contributed by atoms with Gasteiger partial charge in [0.1, 0.15) is 5.01 Å². The summed E-state index contributed by atoms with van der Waals surface area (Å²) in [4.78, 5) is 41.2. The minimum Gasteiger partial charge on any atom is -0.476 e. The first-order valence-electron chi connectivity index (χ1n) is 7.83. The van der Waals surface area contributed by atoms with Gasteiger partial charge in [0.15, 0.2) is 5.69 Å². The molecule has 26 heavy (non-hydrogen) atoms. The van der Waals surface area contributed by atoms with Crippen LogP contribution >= 0.6 is 22.9 Å². The third kappa shape index (κ3) is 3.71. The summed E-state index contributed by atoms with van der Waals surface area (Å²) in [5, 5.41) is 14.1. The maximum Gasteiger partial charge on any atom is 0.355 e. The summed E-state index contributed by atoms with van der Waals surface area (Å²) in [6, 6.07) is 6.71. The predicted octanol–water partition coefficient (Wildman–Crippen LogP) is 2.33. The summed E-state index contributed by atoms with van der Waals surface area (Å²) in [6.07, 6.45) is 0.109. The van der Waals surface area contributed by atoms with Crippen molar-refractivity contribution in [2.24, 2.45) is 5.92 Å². The van der Waals surface area contributed by atoms with Crippen LogP contribution in [0.1, 0.15) is 33.5 Å². The Morgan fingerprint density at radius 3 is 2.88 bits per heavy atom. The molecule has 2 heterocycles. The fourth-order valence-electron chi connectivity index (χ4n) is 3.04. The summed E-state index contributed by atoms with van der Waals surface area (Å²) in [5.41, 5.74) is 0.750. The van der Waals surface area contributed by atoms with E-state index in [1.165, 1.54) is 5.38 Å². The number of benzene rings is 1. The molecule has 0 unspecified atom stereocenters. The standard InChI is InChI=1S/C17H16ClN3O4S/c1-21-14(22)6-11(15(21)9-3-2-4-10(18)5-9)16(23)19-7-13-20-12(8-26-13)17(24)25/h2-5,8,11,15H,6-7H2,1H3,(H,19,23)(H,24,25)/t11-,15-/m0/s1. The number of nitrogens with one attached hydrogen (secondary N) is 1. The van der Waals surface area contributed by atoms with Crippen molar-refractivity contribution in [3.8, 4) is 0 Å². The molecule has 0 bridgehead atoms. The van der Waals surface area contributed by atoms with Crippen molar-refractivity contribution in [2.75, 3.05) is 7.05 Å². The van der Waals surface area contributed by atoms with Crippen LogP contribution in [0, 0.1) is 5.92 Å². The van der Waals surface area contributed by atoms with Gasteiger partial charge in [-0.2, -0.15) is 0 Å². The van der Waals surface area contributed by atoms with E-state index >= 15 is 0 Å². The molecule has 1 aromatic carbocycles. The third-order valence-electron chi connectivity index (χ3n) is 4.30. The number of likely N-dealkylation sites (tertiary alicyclic amines) is 1. The number of thiazole rings is 1. The van der Waals surface area contributed by atoms with E-state index in [1.54, 1.807) is 30.1 Å². The molecule has 1 fully saturated rings. The van der Waals surface area contributed by atoms with Crippen LogP contribution in [-0.2, 0) is 16.1 Å². The molecule has 1 aliphatic heterocycles. The van der Waals surface area contributed by atoms with Crippen molar-refractivity contribution in [1.29, 1.82) is 0 Å². The summed E-state index contributed by atoms with van der Waals surface area (Å²) in [7, 11) is 1.67. The number of aromatic nitrogens is 1. The number of rotatable bonds is 5. The van der Waals surface area contributed by atoms with E-state index in [0.717, 1.165) is 16.9 Å². The van der Waals surface area contributed by atoms with E-state index in [1.807, 2.05) is 6.07 Å². The molecule has 1 aliphatic rings. The summed E-state index contributed by atoms with van der Waals surface area (Å²) in [6.45, 7) is 0.119. The average Bonchev–Trinajstić information content (AvgIpc) is 3.18. The third-order valence-corrected chi connectivity index (χ3v) is 5.38. The van der Waals surface area contributed by atoms with Gasteiger partial charge in [-0.3, -0.25) is 9.59 Å². The topological polar surface area (TPSA) is 99.6 Å². The average molecular weight is 394 g/mol. The second-order valence-electron chi connectivity index (χ2n) is 5.96. The van der Waals surface area contributed by atoms with E-state index in [9.17, 15) is 14.4 Å². The van der Waals surface area contributed by atoms with Gasteiger partial charge in [-0.15, -0.1) is 11.3 Å². The Bertz CT molecular complexity index is 869. The molecule has 2 aromatic rings. The molecule has 0 aliphatic carbocycles. The predicted molar refractivity (Wildman–Crippen MR) is 96.0 cm³/mol. The lowest BCUT2D eigenvalue weighted by molar-refractivity contribution is -0.128. The number of carbonyl (C=O) groups is 3. The first kappa shape index (κ1) is 18.3. The van der Waals surface area contributed by atoms with Crippen LogP contribution in [0.15, 0.2) is 29.6 Å². The molecule has 136 valence electrons. The fraction of sp³-hybridized carbons (Fsp3) is 0.294. The van der Waals surface area contributed by atoms with Gasteiger partial charge in [0, 0.05) is 23.9 Å². The molecule has 1 saturated heterocycles. The van der Waals surface area contributed by atoms with Crippen LogP contribution in [-0.4, -0.2) is 39.8 Å². The Labute approximate surface area is 158 Å². The van der Waals surface area contributed by atoms with Gasteiger partial charge in [0.2, 0.25) is 11.8 Å². The molecule has 2 N–H and O–H groups in total. The molecule has 9 heteroatoms. The number of amides is 2. The minimum absolute atomic E-state index is 0.0492. The number of hydrogen-bond donors (Lipinski definition) is 2. The highest BCUT2D eigenvalue weighted by Gasteiger charge is 2.42. The number of nitrogens with zero attached hydrogens (tertiary/aromatic N) is 2. The van der Waals surface area contributed by atoms with Crippen LogP contribution in [0.4, 0.5) is 0 Å². The molecule has 0 spiro atoms. The minimum atomic E-state index is -1.11. The SMILES string of the molecule is CN1C(=O)C[C@H](C(=O)NCc2nc(C(=O)O)cs2)[C@@H]1c1cccc(Cl)c1. The zero-order chi connectivity index (χ0) is 18.8. The summed E-state index contributed by atoms with van der Waals surface area (Å²) >= 11 is 7.21. The lowest BCUT2D eigenvalue weighted by Crippen LogP contribution is -2.34. The van der Waals surface area contributed by atoms with E-state index in [0.29, 0.717) is 10.0 Å². The van der Waals surface area contributed by atoms with Gasteiger partial charge >= 0.3 is 5.97 Å². The first-order valence-corrected chi connectivity index (χ1v) is 9.09. The fourth-order valence-corrected chi connectivity index (χ4v) is 3.94. The number of carboxylic acid groups (broad SMARTS) is 1. The highest BCUT2D eigenvalue weighted by atomic mass is 35.5. The van der Waals surface area contributed by atoms with Crippen molar-refractivity contribution in [3.63, 3.8) is 0 Å². The van der Waals surface area contributed by atoms with Gasteiger partial charge in [-0.25, -0.2) is 9.78 Å². The number of aromatic carboxylic acids is 1. The largest absolute Gasteiger partial charge is 0.476 e. The molecule has 2 atom stereocenters. The van der Waals surface area contributed by atoms with E-state index in [4.69, 9.17) is 16.7 Å². The van der Waals surface area contributed by atoms with Gasteiger partial charge in [-0.05, 0) is 17.7 Å². The van der Waals surface area contributed by atoms with Crippen LogP contribution in [0.3, 0.4) is 0 Å². The molecule has 3 rings (SSSR count). The molecule has 0 radical (unpaired) electrons. The Hall–Kier alpha value is -2.45. The molecule has 7 nitrogen and oxygen atoms in total. The Morgan fingerprint density at radius 1 is 1.46 bits per heavy atom. The maximum absolute atomic E-state index is 12.7. The van der Waals surface area contributed by atoms with Crippen molar-refractivity contribution < 1.29 is 19.5 Å².